The molecule has 1 aliphatic rings. The van der Waals surface area contributed by atoms with E-state index in [1.165, 1.54) is 10.8 Å². The predicted molar refractivity (Wildman–Crippen MR) is 284 cm³/mol. The van der Waals surface area contributed by atoms with E-state index in [2.05, 4.69) is 234 Å². The molecule has 3 aromatic heterocycles. The average Bonchev–Trinajstić information content (AvgIpc) is 3.91. The van der Waals surface area contributed by atoms with Gasteiger partial charge in [-0.1, -0.05) is 152 Å². The molecule has 14 rings (SSSR count). The van der Waals surface area contributed by atoms with Crippen LogP contribution in [0.5, 0.6) is 0 Å². The fraction of sp³-hybridized carbons (Fsp3) is 0.0328. The molecule has 0 saturated carbocycles. The van der Waals surface area contributed by atoms with Crippen LogP contribution in [-0.4, -0.2) is 24.1 Å². The molecule has 0 fully saturated rings. The summed E-state index contributed by atoms with van der Waals surface area (Å²) in [4.78, 5) is 16.8. The van der Waals surface area contributed by atoms with Gasteiger partial charge in [0.2, 0.25) is 5.95 Å². The molecule has 0 unspecified atom stereocenters. The Morgan fingerprint density at radius 3 is 1.68 bits per heavy atom. The number of fused-ring (bicyclic) bond motifs is 13. The van der Waals surface area contributed by atoms with Crippen molar-refractivity contribution in [2.24, 2.45) is 0 Å². The molecule has 320 valence electrons. The number of hydrogen-bond acceptors (Lipinski definition) is 5. The van der Waals surface area contributed by atoms with Crippen LogP contribution in [0.4, 0.5) is 22.7 Å². The van der Waals surface area contributed by atoms with Gasteiger partial charge in [0.25, 0.3) is 0 Å². The SMILES string of the molecule is C/C=C\c1c(C)c(-c2nc(-c3cc4ccccc4c4ccccc34)nc(-n3c4ccccc4c4ccc5c6ccccc6n(-c6cccc7c6Nc6ccccc6N7)c5c43)n2)cc2ccccc12. The number of nitrogens with zero attached hydrogens (tertiary/aromatic N) is 5. The molecule has 2 N–H and O–H groups in total. The van der Waals surface area contributed by atoms with E-state index in [9.17, 15) is 0 Å². The summed E-state index contributed by atoms with van der Waals surface area (Å²) in [6.07, 6.45) is 4.31. The molecule has 0 saturated heterocycles. The lowest BCUT2D eigenvalue weighted by molar-refractivity contribution is 0.953. The van der Waals surface area contributed by atoms with Crippen molar-refractivity contribution in [1.29, 1.82) is 0 Å². The quantitative estimate of drug-likeness (QED) is 0.169. The molecule has 0 bridgehead atoms. The van der Waals surface area contributed by atoms with Gasteiger partial charge in [-0.15, -0.1) is 0 Å². The van der Waals surface area contributed by atoms with E-state index in [4.69, 9.17) is 15.0 Å². The summed E-state index contributed by atoms with van der Waals surface area (Å²) in [6.45, 7) is 4.26. The van der Waals surface area contributed by atoms with Crippen molar-refractivity contribution in [3.8, 4) is 34.4 Å². The molecule has 7 nitrogen and oxygen atoms in total. The van der Waals surface area contributed by atoms with Crippen LogP contribution in [0.1, 0.15) is 18.1 Å². The zero-order chi connectivity index (χ0) is 45.0. The number of rotatable bonds is 5. The summed E-state index contributed by atoms with van der Waals surface area (Å²) in [5, 5.41) is 18.9. The molecule has 1 aliphatic heterocycles. The van der Waals surface area contributed by atoms with Gasteiger partial charge in [0.05, 0.1) is 50.5 Å². The van der Waals surface area contributed by atoms with Crippen LogP contribution in [0, 0.1) is 6.92 Å². The van der Waals surface area contributed by atoms with Gasteiger partial charge >= 0.3 is 0 Å². The summed E-state index contributed by atoms with van der Waals surface area (Å²) >= 11 is 0. The molecule has 0 spiro atoms. The van der Waals surface area contributed by atoms with Crippen molar-refractivity contribution in [2.45, 2.75) is 13.8 Å². The van der Waals surface area contributed by atoms with E-state index in [0.29, 0.717) is 17.6 Å². The van der Waals surface area contributed by atoms with E-state index in [1.807, 2.05) is 0 Å². The minimum absolute atomic E-state index is 0.543. The number of allylic oxidation sites excluding steroid dienone is 1. The number of hydrogen-bond donors (Lipinski definition) is 2. The van der Waals surface area contributed by atoms with E-state index in [0.717, 1.165) is 116 Å². The Kier molecular flexibility index (Phi) is 8.28. The van der Waals surface area contributed by atoms with Gasteiger partial charge in [0.15, 0.2) is 11.6 Å². The first-order valence-corrected chi connectivity index (χ1v) is 23.2. The van der Waals surface area contributed by atoms with Gasteiger partial charge in [-0.05, 0) is 106 Å². The van der Waals surface area contributed by atoms with Crippen molar-refractivity contribution in [3.05, 3.63) is 205 Å². The standard InChI is InChI=1S/C61H41N7/c1-3-17-39-36(2)48(34-37-18-4-6-20-40(37)39)59-64-60(49-35-38-19-5-7-21-41(38)42-22-8-9-23-43(42)49)66-61(65-59)68-54-30-15-11-25-45(54)47-33-32-46-44-24-10-14-29-53(44)67(57(46)58(47)68)55-31-16-28-52-56(55)63-51-27-13-12-26-50(51)62-52/h3-35,62-63H,1-2H3/b17-3-. The fourth-order valence-electron chi connectivity index (χ4n) is 10.9. The van der Waals surface area contributed by atoms with Crippen LogP contribution in [0.25, 0.3) is 116 Å². The topological polar surface area (TPSA) is 72.6 Å². The van der Waals surface area contributed by atoms with E-state index in [-0.39, 0.29) is 0 Å². The molecule has 7 heteroatoms. The van der Waals surface area contributed by atoms with Crippen molar-refractivity contribution < 1.29 is 0 Å². The highest BCUT2D eigenvalue weighted by atomic mass is 15.2. The molecule has 13 aromatic rings. The van der Waals surface area contributed by atoms with E-state index >= 15 is 0 Å². The van der Waals surface area contributed by atoms with Gasteiger partial charge in [-0.25, -0.2) is 4.98 Å². The zero-order valence-corrected chi connectivity index (χ0v) is 37.3. The molecular formula is C61H41N7. The second-order valence-corrected chi connectivity index (χ2v) is 17.7. The van der Waals surface area contributed by atoms with Crippen molar-refractivity contribution in [3.63, 3.8) is 0 Å². The van der Waals surface area contributed by atoms with Crippen LogP contribution < -0.4 is 10.6 Å². The third kappa shape index (κ3) is 5.56. The molecule has 4 heterocycles. The highest BCUT2D eigenvalue weighted by Gasteiger charge is 2.27. The van der Waals surface area contributed by atoms with E-state index in [1.54, 1.807) is 0 Å². The van der Waals surface area contributed by atoms with Gasteiger partial charge in [0, 0.05) is 32.7 Å². The Morgan fingerprint density at radius 1 is 0.426 bits per heavy atom. The maximum atomic E-state index is 5.63. The largest absolute Gasteiger partial charge is 0.352 e. The smallest absolute Gasteiger partial charge is 0.238 e. The van der Waals surface area contributed by atoms with Crippen LogP contribution in [0.2, 0.25) is 0 Å². The molecule has 0 amide bonds. The van der Waals surface area contributed by atoms with Gasteiger partial charge < -0.3 is 15.2 Å². The summed E-state index contributed by atoms with van der Waals surface area (Å²) in [6, 6.07) is 67.1. The number of nitrogens with one attached hydrogen (secondary N) is 2. The number of aromatic nitrogens is 5. The third-order valence-corrected chi connectivity index (χ3v) is 14.0. The first-order valence-electron chi connectivity index (χ1n) is 23.2. The van der Waals surface area contributed by atoms with Gasteiger partial charge in [0.1, 0.15) is 0 Å². The fourth-order valence-corrected chi connectivity index (χ4v) is 10.9. The maximum Gasteiger partial charge on any atom is 0.238 e. The van der Waals surface area contributed by atoms with E-state index < -0.39 is 0 Å². The number of benzene rings is 10. The molecular weight excluding hydrogens is 831 g/mol. The lowest BCUT2D eigenvalue weighted by Gasteiger charge is -2.26. The molecule has 0 radical (unpaired) electrons. The second kappa shape index (κ2) is 14.7. The minimum atomic E-state index is 0.543. The Labute approximate surface area is 391 Å². The normalized spacial score (nSPS) is 12.4. The summed E-state index contributed by atoms with van der Waals surface area (Å²) in [5.74, 6) is 1.76. The molecule has 0 atom stereocenters. The van der Waals surface area contributed by atoms with Crippen LogP contribution in [0.15, 0.2) is 194 Å². The lowest BCUT2D eigenvalue weighted by atomic mass is 9.94. The zero-order valence-electron chi connectivity index (χ0n) is 37.3. The van der Waals surface area contributed by atoms with Crippen molar-refractivity contribution >= 4 is 105 Å². The maximum absolute atomic E-state index is 5.63. The second-order valence-electron chi connectivity index (χ2n) is 17.7. The van der Waals surface area contributed by atoms with Crippen LogP contribution in [-0.2, 0) is 0 Å². The minimum Gasteiger partial charge on any atom is -0.352 e. The first kappa shape index (κ1) is 38.2. The van der Waals surface area contributed by atoms with Crippen LogP contribution in [0.3, 0.4) is 0 Å². The Hall–Kier alpha value is -9.07. The Balaban J connectivity index is 1.13. The summed E-state index contributed by atoms with van der Waals surface area (Å²) in [7, 11) is 0. The van der Waals surface area contributed by atoms with Crippen molar-refractivity contribution in [1.82, 2.24) is 24.1 Å². The Bertz CT molecular complexity index is 4310. The monoisotopic (exact) mass is 871 g/mol. The molecule has 10 aromatic carbocycles. The third-order valence-electron chi connectivity index (χ3n) is 14.0. The highest BCUT2D eigenvalue weighted by Crippen LogP contribution is 2.47. The average molecular weight is 872 g/mol. The Morgan fingerprint density at radius 2 is 0.956 bits per heavy atom. The first-order chi connectivity index (χ1) is 33.6. The molecule has 68 heavy (non-hydrogen) atoms. The van der Waals surface area contributed by atoms with Crippen molar-refractivity contribution in [2.75, 3.05) is 10.6 Å². The van der Waals surface area contributed by atoms with Gasteiger partial charge in [-0.2, -0.15) is 9.97 Å². The number of para-hydroxylation sites is 5. The summed E-state index contributed by atoms with van der Waals surface area (Å²) in [5.41, 5.74) is 13.5. The van der Waals surface area contributed by atoms with Crippen LogP contribution >= 0.6 is 0 Å². The highest BCUT2D eigenvalue weighted by molar-refractivity contribution is 6.24. The predicted octanol–water partition coefficient (Wildman–Crippen LogP) is 16.0. The summed E-state index contributed by atoms with van der Waals surface area (Å²) < 4.78 is 4.72. The lowest BCUT2D eigenvalue weighted by Crippen LogP contribution is -2.10. The molecule has 0 aliphatic carbocycles. The van der Waals surface area contributed by atoms with Gasteiger partial charge in [-0.3, -0.25) is 4.57 Å². The number of anilines is 4.